The second-order valence-electron chi connectivity index (χ2n) is 2.75. The van der Waals surface area contributed by atoms with Crippen LogP contribution in [-0.2, 0) is 4.79 Å². The van der Waals surface area contributed by atoms with Crippen LogP contribution in [0.15, 0.2) is 0 Å². The van der Waals surface area contributed by atoms with Crippen LogP contribution in [0.3, 0.4) is 0 Å². The zero-order valence-corrected chi connectivity index (χ0v) is 6.88. The van der Waals surface area contributed by atoms with Crippen LogP contribution in [0.25, 0.3) is 0 Å². The SMILES string of the molecule is C1CCCCC1.NC(=O)CO. The third kappa shape index (κ3) is 9.43. The Hall–Kier alpha value is -0.570. The van der Waals surface area contributed by atoms with Gasteiger partial charge in [0, 0.05) is 0 Å². The minimum absolute atomic E-state index is 0.556. The zero-order chi connectivity index (χ0) is 8.53. The zero-order valence-electron chi connectivity index (χ0n) is 6.88. The number of aliphatic hydroxyl groups is 1. The third-order valence-corrected chi connectivity index (χ3v) is 1.66. The van der Waals surface area contributed by atoms with E-state index < -0.39 is 12.5 Å². The first-order valence-corrected chi connectivity index (χ1v) is 4.16. The molecule has 3 heteroatoms. The maximum Gasteiger partial charge on any atom is 0.243 e. The molecule has 0 heterocycles. The van der Waals surface area contributed by atoms with Crippen molar-refractivity contribution in [2.45, 2.75) is 38.5 Å². The Balaban J connectivity index is 0.000000187. The average molecular weight is 159 g/mol. The van der Waals surface area contributed by atoms with E-state index >= 15 is 0 Å². The molecule has 1 saturated carbocycles. The van der Waals surface area contributed by atoms with Gasteiger partial charge < -0.3 is 10.8 Å². The maximum atomic E-state index is 9.34. The van der Waals surface area contributed by atoms with Crippen molar-refractivity contribution in [1.29, 1.82) is 0 Å². The molecule has 0 atom stereocenters. The summed E-state index contributed by atoms with van der Waals surface area (Å²) in [5, 5.41) is 7.67. The number of primary amides is 1. The van der Waals surface area contributed by atoms with Crippen molar-refractivity contribution in [2.24, 2.45) is 5.73 Å². The van der Waals surface area contributed by atoms with Gasteiger partial charge in [-0.05, 0) is 0 Å². The number of carbonyl (C=O) groups excluding carboxylic acids is 1. The summed E-state index contributed by atoms with van der Waals surface area (Å²) >= 11 is 0. The maximum absolute atomic E-state index is 9.34. The van der Waals surface area contributed by atoms with Crippen LogP contribution in [0.5, 0.6) is 0 Å². The molecule has 66 valence electrons. The molecule has 0 saturated heterocycles. The summed E-state index contributed by atoms with van der Waals surface area (Å²) in [6, 6.07) is 0. The normalized spacial score (nSPS) is 16.5. The van der Waals surface area contributed by atoms with Crippen molar-refractivity contribution in [3.05, 3.63) is 0 Å². The highest BCUT2D eigenvalue weighted by Crippen LogP contribution is 2.15. The van der Waals surface area contributed by atoms with E-state index in [4.69, 9.17) is 5.11 Å². The third-order valence-electron chi connectivity index (χ3n) is 1.66. The van der Waals surface area contributed by atoms with Gasteiger partial charge >= 0.3 is 0 Å². The van der Waals surface area contributed by atoms with E-state index in [0.717, 1.165) is 0 Å². The van der Waals surface area contributed by atoms with Crippen LogP contribution in [-0.4, -0.2) is 17.6 Å². The number of amides is 1. The largest absolute Gasteiger partial charge is 0.387 e. The van der Waals surface area contributed by atoms with Gasteiger partial charge in [-0.25, -0.2) is 0 Å². The van der Waals surface area contributed by atoms with Gasteiger partial charge in [0.25, 0.3) is 0 Å². The first-order valence-electron chi connectivity index (χ1n) is 4.16. The molecule has 1 aliphatic rings. The van der Waals surface area contributed by atoms with Crippen LogP contribution in [0.4, 0.5) is 0 Å². The van der Waals surface area contributed by atoms with Crippen molar-refractivity contribution < 1.29 is 9.90 Å². The van der Waals surface area contributed by atoms with Gasteiger partial charge in [0.15, 0.2) is 0 Å². The molecule has 0 bridgehead atoms. The predicted molar refractivity (Wildman–Crippen MR) is 44.0 cm³/mol. The fourth-order valence-electron chi connectivity index (χ4n) is 1.06. The Labute approximate surface area is 67.6 Å². The molecule has 0 aromatic carbocycles. The van der Waals surface area contributed by atoms with Crippen LogP contribution < -0.4 is 5.73 Å². The van der Waals surface area contributed by atoms with Crippen LogP contribution in [0, 0.1) is 0 Å². The molecular weight excluding hydrogens is 142 g/mol. The smallest absolute Gasteiger partial charge is 0.243 e. The lowest BCUT2D eigenvalue weighted by atomic mass is 10.0. The van der Waals surface area contributed by atoms with E-state index in [0.29, 0.717) is 0 Å². The summed E-state index contributed by atoms with van der Waals surface area (Å²) in [6.45, 7) is -0.556. The molecule has 3 nitrogen and oxygen atoms in total. The van der Waals surface area contributed by atoms with Gasteiger partial charge in [0.05, 0.1) is 0 Å². The van der Waals surface area contributed by atoms with E-state index in [-0.39, 0.29) is 0 Å². The summed E-state index contributed by atoms with van der Waals surface area (Å²) < 4.78 is 0. The molecule has 0 unspecified atom stereocenters. The lowest BCUT2D eigenvalue weighted by molar-refractivity contribution is -0.120. The number of rotatable bonds is 1. The molecule has 0 radical (unpaired) electrons. The number of aliphatic hydroxyl groups excluding tert-OH is 1. The first kappa shape index (κ1) is 10.4. The molecule has 11 heavy (non-hydrogen) atoms. The lowest BCUT2D eigenvalue weighted by Crippen LogP contribution is -2.14. The van der Waals surface area contributed by atoms with E-state index in [1.54, 1.807) is 0 Å². The van der Waals surface area contributed by atoms with E-state index in [9.17, 15) is 4.79 Å². The molecule has 1 fully saturated rings. The standard InChI is InChI=1S/C6H12.C2H5NO2/c1-2-4-6-5-3-1;3-2(5)1-4/h1-6H2;4H,1H2,(H2,3,5). The average Bonchev–Trinajstić information content (AvgIpc) is 2.09. The lowest BCUT2D eigenvalue weighted by Gasteiger charge is -2.05. The predicted octanol–water partition coefficient (Wildman–Crippen LogP) is 0.805. The van der Waals surface area contributed by atoms with E-state index in [1.165, 1.54) is 38.5 Å². The Morgan fingerprint density at radius 3 is 1.36 bits per heavy atom. The Kier molecular flexibility index (Phi) is 7.15. The van der Waals surface area contributed by atoms with Crippen molar-refractivity contribution >= 4 is 5.91 Å². The summed E-state index contributed by atoms with van der Waals surface area (Å²) in [6.07, 6.45) is 9.00. The minimum atomic E-state index is -0.690. The van der Waals surface area contributed by atoms with Crippen molar-refractivity contribution in [1.82, 2.24) is 0 Å². The molecule has 0 aromatic heterocycles. The molecule has 0 spiro atoms. The van der Waals surface area contributed by atoms with Crippen molar-refractivity contribution in [2.75, 3.05) is 6.61 Å². The quantitative estimate of drug-likeness (QED) is 0.594. The second kappa shape index (κ2) is 7.54. The topological polar surface area (TPSA) is 63.3 Å². The summed E-state index contributed by atoms with van der Waals surface area (Å²) in [5.74, 6) is -0.690. The Morgan fingerprint density at radius 1 is 1.09 bits per heavy atom. The van der Waals surface area contributed by atoms with Gasteiger partial charge in [-0.3, -0.25) is 4.79 Å². The molecule has 0 aliphatic heterocycles. The molecule has 3 N–H and O–H groups in total. The number of hydrogen-bond acceptors (Lipinski definition) is 2. The number of carbonyl (C=O) groups is 1. The molecule has 0 aromatic rings. The molecule has 1 aliphatic carbocycles. The Bertz CT molecular complexity index is 88.8. The monoisotopic (exact) mass is 159 g/mol. The van der Waals surface area contributed by atoms with Gasteiger partial charge in [0.1, 0.15) is 6.61 Å². The number of nitrogens with two attached hydrogens (primary N) is 1. The van der Waals surface area contributed by atoms with Crippen LogP contribution in [0.1, 0.15) is 38.5 Å². The number of hydrogen-bond donors (Lipinski definition) is 2. The van der Waals surface area contributed by atoms with Crippen LogP contribution >= 0.6 is 0 Å². The molecule has 1 amide bonds. The summed E-state index contributed by atoms with van der Waals surface area (Å²) in [7, 11) is 0. The minimum Gasteiger partial charge on any atom is -0.387 e. The Morgan fingerprint density at radius 2 is 1.27 bits per heavy atom. The summed E-state index contributed by atoms with van der Waals surface area (Å²) in [5.41, 5.74) is 4.40. The van der Waals surface area contributed by atoms with E-state index in [1.807, 2.05) is 0 Å². The van der Waals surface area contributed by atoms with Crippen LogP contribution in [0.2, 0.25) is 0 Å². The second-order valence-corrected chi connectivity index (χ2v) is 2.75. The highest BCUT2D eigenvalue weighted by molar-refractivity contribution is 5.74. The van der Waals surface area contributed by atoms with Gasteiger partial charge in [-0.2, -0.15) is 0 Å². The first-order chi connectivity index (χ1) is 5.27. The fourth-order valence-corrected chi connectivity index (χ4v) is 1.06. The highest BCUT2D eigenvalue weighted by atomic mass is 16.3. The van der Waals surface area contributed by atoms with Gasteiger partial charge in [-0.1, -0.05) is 38.5 Å². The van der Waals surface area contributed by atoms with Gasteiger partial charge in [-0.15, -0.1) is 0 Å². The fraction of sp³-hybridized carbons (Fsp3) is 0.875. The van der Waals surface area contributed by atoms with E-state index in [2.05, 4.69) is 5.73 Å². The summed E-state index contributed by atoms with van der Waals surface area (Å²) in [4.78, 5) is 9.34. The van der Waals surface area contributed by atoms with Crippen molar-refractivity contribution in [3.8, 4) is 0 Å². The van der Waals surface area contributed by atoms with Gasteiger partial charge in [0.2, 0.25) is 5.91 Å². The van der Waals surface area contributed by atoms with Crippen molar-refractivity contribution in [3.63, 3.8) is 0 Å². The molecule has 1 rings (SSSR count). The molecular formula is C8H17NO2. The highest BCUT2D eigenvalue weighted by Gasteiger charge is 1.95.